The lowest BCUT2D eigenvalue weighted by Crippen LogP contribution is -2.18. The number of aromatic nitrogens is 3. The molecule has 0 aromatic carbocycles. The Labute approximate surface area is 105 Å². The molecule has 0 unspecified atom stereocenters. The molecule has 1 rings (SSSR count). The van der Waals surface area contributed by atoms with Crippen LogP contribution < -0.4 is 5.32 Å². The lowest BCUT2D eigenvalue weighted by Gasteiger charge is -2.05. The summed E-state index contributed by atoms with van der Waals surface area (Å²) in [6.07, 6.45) is 2.45. The predicted octanol–water partition coefficient (Wildman–Crippen LogP) is 0.455. The topological polar surface area (TPSA) is 97.1 Å². The molecule has 0 aliphatic rings. The van der Waals surface area contributed by atoms with Crippen molar-refractivity contribution in [3.8, 4) is 0 Å². The van der Waals surface area contributed by atoms with Crippen LogP contribution in [0.5, 0.6) is 0 Å². The number of carbonyl (C=O) groups is 2. The maximum atomic E-state index is 11.1. The van der Waals surface area contributed by atoms with Gasteiger partial charge in [-0.1, -0.05) is 18.6 Å². The van der Waals surface area contributed by atoms with Crippen LogP contribution >= 0.6 is 0 Å². The van der Waals surface area contributed by atoms with E-state index in [4.69, 9.17) is 5.11 Å². The number of hydrogen-bond donors (Lipinski definition) is 2. The van der Waals surface area contributed by atoms with Crippen molar-refractivity contribution in [2.75, 3.05) is 7.05 Å². The Bertz CT molecular complexity index is 428. The second-order valence-electron chi connectivity index (χ2n) is 3.94. The average molecular weight is 254 g/mol. The Balaban J connectivity index is 2.70. The van der Waals surface area contributed by atoms with E-state index in [0.717, 1.165) is 6.42 Å². The number of nitrogens with one attached hydrogen (secondary N) is 1. The maximum absolute atomic E-state index is 11.1. The van der Waals surface area contributed by atoms with Gasteiger partial charge in [-0.15, -0.1) is 5.10 Å². The first-order valence-electron chi connectivity index (χ1n) is 5.96. The molecule has 18 heavy (non-hydrogen) atoms. The first-order chi connectivity index (χ1) is 8.60. The molecule has 1 amide bonds. The number of carboxylic acids is 1. The molecule has 0 spiro atoms. The van der Waals surface area contributed by atoms with E-state index >= 15 is 0 Å². The summed E-state index contributed by atoms with van der Waals surface area (Å²) >= 11 is 0. The summed E-state index contributed by atoms with van der Waals surface area (Å²) in [5, 5.41) is 19.0. The van der Waals surface area contributed by atoms with Gasteiger partial charge in [0.2, 0.25) is 5.91 Å². The second kappa shape index (κ2) is 6.73. The fourth-order valence-corrected chi connectivity index (χ4v) is 1.68. The van der Waals surface area contributed by atoms with Crippen molar-refractivity contribution >= 4 is 11.9 Å². The normalized spacial score (nSPS) is 10.3. The van der Waals surface area contributed by atoms with Crippen LogP contribution in [0.4, 0.5) is 0 Å². The van der Waals surface area contributed by atoms with Gasteiger partial charge in [0.25, 0.3) is 0 Å². The van der Waals surface area contributed by atoms with Crippen LogP contribution in [0.25, 0.3) is 0 Å². The van der Waals surface area contributed by atoms with Gasteiger partial charge in [0.1, 0.15) is 0 Å². The van der Waals surface area contributed by atoms with E-state index in [9.17, 15) is 9.59 Å². The van der Waals surface area contributed by atoms with Crippen LogP contribution in [-0.2, 0) is 17.8 Å². The van der Waals surface area contributed by atoms with Gasteiger partial charge < -0.3 is 10.4 Å². The number of rotatable bonds is 7. The maximum Gasteiger partial charge on any atom is 0.358 e. The Morgan fingerprint density at radius 1 is 1.44 bits per heavy atom. The summed E-state index contributed by atoms with van der Waals surface area (Å²) < 4.78 is 1.58. The van der Waals surface area contributed by atoms with E-state index < -0.39 is 5.97 Å². The highest BCUT2D eigenvalue weighted by Gasteiger charge is 2.17. The molecule has 0 atom stereocenters. The number of carbonyl (C=O) groups excluding carboxylic acids is 1. The van der Waals surface area contributed by atoms with Crippen molar-refractivity contribution in [2.45, 2.75) is 39.2 Å². The van der Waals surface area contributed by atoms with Crippen molar-refractivity contribution in [1.29, 1.82) is 0 Å². The zero-order valence-electron chi connectivity index (χ0n) is 10.6. The molecule has 0 fully saturated rings. The monoisotopic (exact) mass is 254 g/mol. The number of hydrogen-bond acceptors (Lipinski definition) is 4. The minimum atomic E-state index is -1.06. The van der Waals surface area contributed by atoms with Gasteiger partial charge in [-0.25, -0.2) is 9.48 Å². The van der Waals surface area contributed by atoms with Crippen molar-refractivity contribution in [3.05, 3.63) is 11.4 Å². The van der Waals surface area contributed by atoms with Crippen molar-refractivity contribution in [1.82, 2.24) is 20.3 Å². The van der Waals surface area contributed by atoms with Gasteiger partial charge >= 0.3 is 5.97 Å². The second-order valence-corrected chi connectivity index (χ2v) is 3.94. The van der Waals surface area contributed by atoms with Gasteiger partial charge in [0.15, 0.2) is 5.69 Å². The molecule has 0 aliphatic carbocycles. The molecule has 7 nitrogen and oxygen atoms in total. The van der Waals surface area contributed by atoms with Crippen molar-refractivity contribution < 1.29 is 14.7 Å². The molecule has 0 saturated carbocycles. The van der Waals surface area contributed by atoms with E-state index in [-0.39, 0.29) is 11.6 Å². The van der Waals surface area contributed by atoms with E-state index in [1.807, 2.05) is 6.92 Å². The predicted molar refractivity (Wildman–Crippen MR) is 64.3 cm³/mol. The molecule has 1 aromatic rings. The minimum absolute atomic E-state index is 0.0109. The zero-order valence-corrected chi connectivity index (χ0v) is 10.6. The standard InChI is InChI=1S/C11H18N4O3/c1-3-5-8-10(11(17)18)13-14-15(8)7-4-6-9(16)12-2/h3-7H2,1-2H3,(H,12,16)(H,17,18). The molecule has 0 aliphatic heterocycles. The van der Waals surface area contributed by atoms with Gasteiger partial charge in [-0.05, 0) is 12.8 Å². The van der Waals surface area contributed by atoms with Gasteiger partial charge in [0.05, 0.1) is 5.69 Å². The van der Waals surface area contributed by atoms with Gasteiger partial charge in [0, 0.05) is 20.0 Å². The molecular weight excluding hydrogens is 236 g/mol. The molecule has 100 valence electrons. The number of aryl methyl sites for hydroxylation is 1. The summed E-state index contributed by atoms with van der Waals surface area (Å²) in [6.45, 7) is 2.47. The fourth-order valence-electron chi connectivity index (χ4n) is 1.68. The number of nitrogens with zero attached hydrogens (tertiary/aromatic N) is 3. The van der Waals surface area contributed by atoms with E-state index in [2.05, 4.69) is 15.6 Å². The number of carboxylic acid groups (broad SMARTS) is 1. The average Bonchev–Trinajstić information content (AvgIpc) is 2.73. The summed E-state index contributed by atoms with van der Waals surface area (Å²) in [7, 11) is 1.59. The molecule has 0 bridgehead atoms. The smallest absolute Gasteiger partial charge is 0.358 e. The fraction of sp³-hybridized carbons (Fsp3) is 0.636. The lowest BCUT2D eigenvalue weighted by molar-refractivity contribution is -0.120. The summed E-state index contributed by atoms with van der Waals surface area (Å²) in [6, 6.07) is 0. The highest BCUT2D eigenvalue weighted by Crippen LogP contribution is 2.09. The summed E-state index contributed by atoms with van der Waals surface area (Å²) in [5.41, 5.74) is 0.638. The highest BCUT2D eigenvalue weighted by molar-refractivity contribution is 5.86. The first-order valence-corrected chi connectivity index (χ1v) is 5.96. The van der Waals surface area contributed by atoms with Gasteiger partial charge in [-0.2, -0.15) is 0 Å². The van der Waals surface area contributed by atoms with E-state index in [1.54, 1.807) is 11.7 Å². The Morgan fingerprint density at radius 2 is 2.17 bits per heavy atom. The molecule has 2 N–H and O–H groups in total. The number of aromatic carboxylic acids is 1. The first kappa shape index (κ1) is 14.1. The lowest BCUT2D eigenvalue weighted by atomic mass is 10.2. The zero-order chi connectivity index (χ0) is 13.5. The van der Waals surface area contributed by atoms with Crippen molar-refractivity contribution in [3.63, 3.8) is 0 Å². The van der Waals surface area contributed by atoms with Crippen molar-refractivity contribution in [2.24, 2.45) is 0 Å². The van der Waals surface area contributed by atoms with E-state index in [1.165, 1.54) is 0 Å². The third-order valence-electron chi connectivity index (χ3n) is 2.58. The largest absolute Gasteiger partial charge is 0.476 e. The Hall–Kier alpha value is -1.92. The molecule has 1 heterocycles. The Morgan fingerprint density at radius 3 is 2.72 bits per heavy atom. The Kier molecular flexibility index (Phi) is 5.29. The third kappa shape index (κ3) is 3.54. The van der Waals surface area contributed by atoms with Crippen LogP contribution in [0.15, 0.2) is 0 Å². The molecular formula is C11H18N4O3. The summed E-state index contributed by atoms with van der Waals surface area (Å²) in [5.74, 6) is -1.10. The molecule has 1 aromatic heterocycles. The quantitative estimate of drug-likeness (QED) is 0.736. The van der Waals surface area contributed by atoms with E-state index in [0.29, 0.717) is 31.5 Å². The minimum Gasteiger partial charge on any atom is -0.476 e. The molecule has 7 heteroatoms. The van der Waals surface area contributed by atoms with Gasteiger partial charge in [-0.3, -0.25) is 4.79 Å². The molecule has 0 radical (unpaired) electrons. The highest BCUT2D eigenvalue weighted by atomic mass is 16.4. The van der Waals surface area contributed by atoms with Crippen LogP contribution in [-0.4, -0.2) is 39.0 Å². The molecule has 0 saturated heterocycles. The SMILES string of the molecule is CCCc1c(C(=O)O)nnn1CCCC(=O)NC. The third-order valence-corrected chi connectivity index (χ3v) is 2.58. The van der Waals surface area contributed by atoms with Crippen LogP contribution in [0.1, 0.15) is 42.4 Å². The summed E-state index contributed by atoms with van der Waals surface area (Å²) in [4.78, 5) is 22.0. The van der Waals surface area contributed by atoms with Crippen LogP contribution in [0.2, 0.25) is 0 Å². The van der Waals surface area contributed by atoms with Crippen LogP contribution in [0.3, 0.4) is 0 Å². The van der Waals surface area contributed by atoms with Crippen LogP contribution in [0, 0.1) is 0 Å². The number of amides is 1.